The molecular formula is C28H45NO3. The van der Waals surface area contributed by atoms with Crippen LogP contribution in [0.5, 0.6) is 0 Å². The molecule has 1 heterocycles. The Balaban J connectivity index is 1.40. The lowest BCUT2D eigenvalue weighted by Gasteiger charge is -2.45. The first-order valence-corrected chi connectivity index (χ1v) is 13.0. The largest absolute Gasteiger partial charge is 0.388 e. The average Bonchev–Trinajstić information content (AvgIpc) is 3.12. The maximum atomic E-state index is 10.2. The van der Waals surface area contributed by atoms with Gasteiger partial charge in [-0.05, 0) is 93.6 Å². The second kappa shape index (κ2) is 10.1. The first-order valence-electron chi connectivity index (χ1n) is 13.0. The van der Waals surface area contributed by atoms with Crippen LogP contribution in [0.1, 0.15) is 72.1 Å². The number of fused-ring (bicyclic) bond motifs is 1. The molecule has 4 nitrogen and oxygen atoms in total. The van der Waals surface area contributed by atoms with E-state index < -0.39 is 12.2 Å². The molecule has 4 aliphatic rings. The Labute approximate surface area is 195 Å². The predicted molar refractivity (Wildman–Crippen MR) is 130 cm³/mol. The Morgan fingerprint density at radius 2 is 1.97 bits per heavy atom. The highest BCUT2D eigenvalue weighted by molar-refractivity contribution is 5.29. The van der Waals surface area contributed by atoms with E-state index >= 15 is 0 Å². The van der Waals surface area contributed by atoms with Crippen LogP contribution in [0.4, 0.5) is 0 Å². The zero-order valence-electron chi connectivity index (χ0n) is 20.6. The summed E-state index contributed by atoms with van der Waals surface area (Å²) >= 11 is 0. The second-order valence-electron chi connectivity index (χ2n) is 11.4. The van der Waals surface area contributed by atoms with Gasteiger partial charge in [-0.3, -0.25) is 4.90 Å². The summed E-state index contributed by atoms with van der Waals surface area (Å²) in [5.74, 6) is 2.26. The lowest BCUT2D eigenvalue weighted by atomic mass is 9.61. The van der Waals surface area contributed by atoms with Crippen LogP contribution < -0.4 is 0 Å². The van der Waals surface area contributed by atoms with Crippen LogP contribution in [0.2, 0.25) is 0 Å². The molecule has 0 amide bonds. The third kappa shape index (κ3) is 4.94. The van der Waals surface area contributed by atoms with E-state index in [0.717, 1.165) is 37.2 Å². The molecule has 32 heavy (non-hydrogen) atoms. The van der Waals surface area contributed by atoms with Crippen molar-refractivity contribution in [3.05, 3.63) is 35.5 Å². The van der Waals surface area contributed by atoms with Gasteiger partial charge < -0.3 is 14.9 Å². The van der Waals surface area contributed by atoms with E-state index in [0.29, 0.717) is 35.8 Å². The number of hydrogen-bond acceptors (Lipinski definition) is 4. The Morgan fingerprint density at radius 3 is 2.69 bits per heavy atom. The monoisotopic (exact) mass is 443 g/mol. The number of nitrogens with zero attached hydrogens (tertiary/aromatic N) is 1. The fourth-order valence-corrected chi connectivity index (χ4v) is 7.30. The smallest absolute Gasteiger partial charge is 0.0809 e. The van der Waals surface area contributed by atoms with E-state index in [1.54, 1.807) is 5.57 Å². The second-order valence-corrected chi connectivity index (χ2v) is 11.4. The minimum atomic E-state index is -0.606. The number of ether oxygens (including phenoxy) is 1. The molecule has 0 radical (unpaired) electrons. The number of rotatable bonds is 5. The quantitative estimate of drug-likeness (QED) is 0.595. The summed E-state index contributed by atoms with van der Waals surface area (Å²) in [6.07, 6.45) is 12.4. The van der Waals surface area contributed by atoms with Crippen LogP contribution in [0.15, 0.2) is 35.5 Å². The molecule has 0 unspecified atom stereocenters. The third-order valence-corrected chi connectivity index (χ3v) is 9.40. The Morgan fingerprint density at radius 1 is 1.22 bits per heavy atom. The molecule has 3 aliphatic carbocycles. The molecule has 1 aliphatic heterocycles. The van der Waals surface area contributed by atoms with Gasteiger partial charge in [0.05, 0.1) is 25.4 Å². The Bertz CT molecular complexity index is 727. The van der Waals surface area contributed by atoms with Crippen molar-refractivity contribution in [2.45, 2.75) is 90.4 Å². The van der Waals surface area contributed by atoms with Crippen LogP contribution in [0, 0.1) is 23.2 Å². The summed E-state index contributed by atoms with van der Waals surface area (Å²) in [5, 5.41) is 20.3. The average molecular weight is 444 g/mol. The third-order valence-electron chi connectivity index (χ3n) is 9.40. The number of hydrogen-bond donors (Lipinski definition) is 2. The molecule has 0 aromatic heterocycles. The van der Waals surface area contributed by atoms with Gasteiger partial charge in [0.1, 0.15) is 0 Å². The molecule has 1 saturated heterocycles. The molecule has 0 aromatic rings. The molecule has 2 N–H and O–H groups in total. The summed E-state index contributed by atoms with van der Waals surface area (Å²) in [6, 6.07) is 0.550. The zero-order chi connectivity index (χ0) is 22.9. The van der Waals surface area contributed by atoms with E-state index in [1.807, 2.05) is 0 Å². The standard InChI is InChI=1S/C28H45NO3/c1-19(11-13-29-14-15-32-18-20(29)2)24-9-10-25-23(6-5-12-28(24,25)4)8-7-22-16-26(30)21(3)27(31)17-22/h7-8,19-20,24-27,30-31H,3,5-6,9-18H2,1-2,4H3/b23-8+/t19-,20-,24-,25+,26-,27-,28-/m1/s1. The van der Waals surface area contributed by atoms with Gasteiger partial charge in [0, 0.05) is 12.6 Å². The van der Waals surface area contributed by atoms with Crippen LogP contribution in [-0.2, 0) is 4.74 Å². The maximum Gasteiger partial charge on any atom is 0.0809 e. The zero-order valence-corrected chi connectivity index (χ0v) is 20.6. The summed E-state index contributed by atoms with van der Waals surface area (Å²) in [5.41, 5.74) is 3.74. The van der Waals surface area contributed by atoms with E-state index in [1.165, 1.54) is 45.1 Å². The van der Waals surface area contributed by atoms with Crippen LogP contribution in [-0.4, -0.2) is 59.7 Å². The summed E-state index contributed by atoms with van der Waals surface area (Å²) in [4.78, 5) is 2.62. The normalized spacial score (nSPS) is 41.0. The molecule has 180 valence electrons. The molecule has 0 spiro atoms. The molecule has 3 saturated carbocycles. The van der Waals surface area contributed by atoms with Gasteiger partial charge in [0.15, 0.2) is 0 Å². The number of allylic oxidation sites excluding steroid dienone is 3. The van der Waals surface area contributed by atoms with Crippen molar-refractivity contribution < 1.29 is 14.9 Å². The maximum absolute atomic E-state index is 10.2. The van der Waals surface area contributed by atoms with E-state index in [2.05, 4.69) is 44.4 Å². The molecule has 0 aromatic carbocycles. The minimum absolute atomic E-state index is 0.415. The molecule has 4 rings (SSSR count). The Kier molecular flexibility index (Phi) is 7.66. The fraction of sp³-hybridized carbons (Fsp3) is 0.786. The van der Waals surface area contributed by atoms with Crippen LogP contribution >= 0.6 is 0 Å². The SMILES string of the molecule is C=C1[C@H](O)CC(=C/C=C2\CCC[C@]3(C)[C@@H]([C@H](C)CCN4CCOC[C@H]4C)CC[C@@H]23)C[C@H]1O. The van der Waals surface area contributed by atoms with Crippen molar-refractivity contribution in [2.75, 3.05) is 26.3 Å². The van der Waals surface area contributed by atoms with Gasteiger partial charge >= 0.3 is 0 Å². The van der Waals surface area contributed by atoms with E-state index in [9.17, 15) is 10.2 Å². The predicted octanol–water partition coefficient (Wildman–Crippen LogP) is 4.87. The summed E-state index contributed by atoms with van der Waals surface area (Å²) in [7, 11) is 0. The van der Waals surface area contributed by atoms with Gasteiger partial charge in [-0.1, -0.05) is 43.7 Å². The van der Waals surface area contributed by atoms with Gasteiger partial charge in [-0.15, -0.1) is 0 Å². The molecular weight excluding hydrogens is 398 g/mol. The number of aliphatic hydroxyl groups excluding tert-OH is 2. The van der Waals surface area contributed by atoms with Crippen molar-refractivity contribution in [3.8, 4) is 0 Å². The van der Waals surface area contributed by atoms with Crippen molar-refractivity contribution in [1.82, 2.24) is 4.90 Å². The van der Waals surface area contributed by atoms with Gasteiger partial charge in [0.2, 0.25) is 0 Å². The van der Waals surface area contributed by atoms with Gasteiger partial charge in [-0.25, -0.2) is 0 Å². The molecule has 0 bridgehead atoms. The van der Waals surface area contributed by atoms with Crippen molar-refractivity contribution >= 4 is 0 Å². The molecule has 4 fully saturated rings. The number of morpholine rings is 1. The van der Waals surface area contributed by atoms with Crippen molar-refractivity contribution in [1.29, 1.82) is 0 Å². The van der Waals surface area contributed by atoms with E-state index in [4.69, 9.17) is 4.74 Å². The lowest BCUT2D eigenvalue weighted by molar-refractivity contribution is -0.00570. The highest BCUT2D eigenvalue weighted by Crippen LogP contribution is 2.59. The van der Waals surface area contributed by atoms with Crippen molar-refractivity contribution in [3.63, 3.8) is 0 Å². The van der Waals surface area contributed by atoms with E-state index in [-0.39, 0.29) is 0 Å². The summed E-state index contributed by atoms with van der Waals surface area (Å²) < 4.78 is 5.62. The highest BCUT2D eigenvalue weighted by atomic mass is 16.5. The first-order chi connectivity index (χ1) is 15.3. The highest BCUT2D eigenvalue weighted by Gasteiger charge is 2.50. The van der Waals surface area contributed by atoms with Gasteiger partial charge in [0.25, 0.3) is 0 Å². The van der Waals surface area contributed by atoms with Gasteiger partial charge in [-0.2, -0.15) is 0 Å². The topological polar surface area (TPSA) is 52.9 Å². The fourth-order valence-electron chi connectivity index (χ4n) is 7.30. The molecule has 4 heteroatoms. The first kappa shape index (κ1) is 24.2. The lowest BCUT2D eigenvalue weighted by Crippen LogP contribution is -2.45. The van der Waals surface area contributed by atoms with Crippen LogP contribution in [0.3, 0.4) is 0 Å². The minimum Gasteiger partial charge on any atom is -0.388 e. The summed E-state index contributed by atoms with van der Waals surface area (Å²) in [6.45, 7) is 15.2. The molecule has 7 atom stereocenters. The number of aliphatic hydroxyl groups is 2. The van der Waals surface area contributed by atoms with Crippen LogP contribution in [0.25, 0.3) is 0 Å². The van der Waals surface area contributed by atoms with Crippen molar-refractivity contribution in [2.24, 2.45) is 23.2 Å². The Hall–Kier alpha value is -0.940.